The highest BCUT2D eigenvalue weighted by molar-refractivity contribution is 5.99. The lowest BCUT2D eigenvalue weighted by Gasteiger charge is -2.34. The number of aryl methyl sites for hydroxylation is 1. The largest absolute Gasteiger partial charge is 0.454 e. The van der Waals surface area contributed by atoms with Crippen LogP contribution >= 0.6 is 0 Å². The quantitative estimate of drug-likeness (QED) is 0.604. The second-order valence-corrected chi connectivity index (χ2v) is 8.62. The zero-order valence-electron chi connectivity index (χ0n) is 19.0. The highest BCUT2D eigenvalue weighted by atomic mass is 16.7. The predicted molar refractivity (Wildman–Crippen MR) is 119 cm³/mol. The van der Waals surface area contributed by atoms with Crippen molar-refractivity contribution in [2.24, 2.45) is 0 Å². The summed E-state index contributed by atoms with van der Waals surface area (Å²) in [5, 5.41) is 0. The number of aromatic nitrogens is 1. The second-order valence-electron chi connectivity index (χ2n) is 8.62. The minimum absolute atomic E-state index is 0.202. The Kier molecular flexibility index (Phi) is 6.65. The minimum atomic E-state index is 0.202. The maximum Gasteiger partial charge on any atom is 0.231 e. The molecule has 0 unspecified atom stereocenters. The van der Waals surface area contributed by atoms with Crippen molar-refractivity contribution in [2.75, 3.05) is 53.2 Å². The van der Waals surface area contributed by atoms with Crippen LogP contribution in [0.4, 0.5) is 0 Å². The van der Waals surface area contributed by atoms with Crippen LogP contribution in [-0.2, 0) is 11.3 Å². The van der Waals surface area contributed by atoms with Crippen molar-refractivity contribution in [3.8, 4) is 11.5 Å². The molecule has 4 rings (SSSR count). The first-order valence-corrected chi connectivity index (χ1v) is 11.0. The van der Waals surface area contributed by atoms with Crippen LogP contribution in [0.2, 0.25) is 0 Å². The zero-order chi connectivity index (χ0) is 22.0. The fourth-order valence-electron chi connectivity index (χ4n) is 4.74. The molecule has 0 bridgehead atoms. The smallest absolute Gasteiger partial charge is 0.231 e. The van der Waals surface area contributed by atoms with E-state index in [4.69, 9.17) is 14.2 Å². The van der Waals surface area contributed by atoms with E-state index in [1.54, 1.807) is 7.11 Å². The number of Topliss-reactive ketones (excluding diaryl/α,β-unsaturated/α-hetero) is 1. The molecule has 168 valence electrons. The van der Waals surface area contributed by atoms with Gasteiger partial charge in [-0.05, 0) is 44.5 Å². The lowest BCUT2D eigenvalue weighted by Crippen LogP contribution is -2.47. The maximum atomic E-state index is 13.0. The zero-order valence-corrected chi connectivity index (χ0v) is 19.0. The number of carbonyl (C=O) groups is 1. The number of fused-ring (bicyclic) bond motifs is 1. The molecule has 1 fully saturated rings. The summed E-state index contributed by atoms with van der Waals surface area (Å²) in [6.45, 7) is 12.2. The topological polar surface area (TPSA) is 56.2 Å². The van der Waals surface area contributed by atoms with Crippen molar-refractivity contribution in [1.82, 2.24) is 14.4 Å². The average Bonchev–Trinajstić information content (AvgIpc) is 3.33. The van der Waals surface area contributed by atoms with E-state index in [1.807, 2.05) is 19.1 Å². The third kappa shape index (κ3) is 4.79. The summed E-state index contributed by atoms with van der Waals surface area (Å²) >= 11 is 0. The number of hydrogen-bond acceptors (Lipinski definition) is 6. The summed E-state index contributed by atoms with van der Waals surface area (Å²) in [5.74, 6) is 1.86. The van der Waals surface area contributed by atoms with Crippen LogP contribution in [0.15, 0.2) is 24.3 Å². The van der Waals surface area contributed by atoms with E-state index < -0.39 is 0 Å². The van der Waals surface area contributed by atoms with Gasteiger partial charge in [0, 0.05) is 56.8 Å². The predicted octanol–water partition coefficient (Wildman–Crippen LogP) is 3.04. The van der Waals surface area contributed by atoms with Gasteiger partial charge in [0.15, 0.2) is 17.3 Å². The summed E-state index contributed by atoms with van der Waals surface area (Å²) < 4.78 is 18.4. The molecule has 2 aliphatic heterocycles. The number of methoxy groups -OCH3 is 1. The van der Waals surface area contributed by atoms with Gasteiger partial charge in [0.1, 0.15) is 0 Å². The van der Waals surface area contributed by atoms with Gasteiger partial charge in [-0.1, -0.05) is 6.07 Å². The first-order chi connectivity index (χ1) is 15.0. The SMILES string of the molecule is COC[C@@H](C)n1c(C)cc(C(=O)CN2CCN(Cc3ccc4c(c3)OCO4)CC2)c1C. The third-order valence-corrected chi connectivity index (χ3v) is 6.31. The maximum absolute atomic E-state index is 13.0. The Bertz CT molecular complexity index is 931. The molecule has 1 saturated heterocycles. The fourth-order valence-corrected chi connectivity index (χ4v) is 4.74. The molecule has 2 aliphatic rings. The van der Waals surface area contributed by atoms with Crippen LogP contribution in [0.5, 0.6) is 11.5 Å². The monoisotopic (exact) mass is 427 g/mol. The van der Waals surface area contributed by atoms with Crippen molar-refractivity contribution < 1.29 is 19.0 Å². The summed E-state index contributed by atoms with van der Waals surface area (Å²) in [6.07, 6.45) is 0. The second kappa shape index (κ2) is 9.42. The van der Waals surface area contributed by atoms with Gasteiger partial charge in [0.25, 0.3) is 0 Å². The summed E-state index contributed by atoms with van der Waals surface area (Å²) in [7, 11) is 1.71. The summed E-state index contributed by atoms with van der Waals surface area (Å²) in [4.78, 5) is 17.7. The van der Waals surface area contributed by atoms with Gasteiger partial charge in [-0.2, -0.15) is 0 Å². The average molecular weight is 428 g/mol. The van der Waals surface area contributed by atoms with Crippen LogP contribution in [0.3, 0.4) is 0 Å². The molecule has 0 aliphatic carbocycles. The highest BCUT2D eigenvalue weighted by Crippen LogP contribution is 2.32. The molecule has 1 atom stereocenters. The summed E-state index contributed by atoms with van der Waals surface area (Å²) in [5.41, 5.74) is 4.21. The molecule has 7 nitrogen and oxygen atoms in total. The van der Waals surface area contributed by atoms with Crippen LogP contribution in [0.1, 0.15) is 40.3 Å². The first kappa shape index (κ1) is 21.9. The summed E-state index contributed by atoms with van der Waals surface area (Å²) in [6, 6.07) is 8.39. The molecule has 0 amide bonds. The number of piperazine rings is 1. The van der Waals surface area contributed by atoms with Gasteiger partial charge in [-0.25, -0.2) is 0 Å². The van der Waals surface area contributed by atoms with E-state index in [0.29, 0.717) is 19.9 Å². The highest BCUT2D eigenvalue weighted by Gasteiger charge is 2.23. The van der Waals surface area contributed by atoms with Crippen molar-refractivity contribution in [3.63, 3.8) is 0 Å². The molecule has 7 heteroatoms. The molecule has 1 aromatic heterocycles. The number of rotatable bonds is 8. The lowest BCUT2D eigenvalue weighted by atomic mass is 10.1. The first-order valence-electron chi connectivity index (χ1n) is 11.0. The van der Waals surface area contributed by atoms with Gasteiger partial charge in [-0.3, -0.25) is 14.6 Å². The molecule has 2 aromatic rings. The Morgan fingerprint density at radius 2 is 1.77 bits per heavy atom. The Balaban J connectivity index is 1.31. The van der Waals surface area contributed by atoms with Gasteiger partial charge in [0.05, 0.1) is 19.2 Å². The van der Waals surface area contributed by atoms with E-state index >= 15 is 0 Å². The van der Waals surface area contributed by atoms with E-state index in [1.165, 1.54) is 5.56 Å². The number of hydrogen-bond donors (Lipinski definition) is 0. The Morgan fingerprint density at radius 1 is 1.06 bits per heavy atom. The number of carbonyl (C=O) groups excluding carboxylic acids is 1. The fraction of sp³-hybridized carbons (Fsp3) is 0.542. The van der Waals surface area contributed by atoms with Crippen molar-refractivity contribution in [2.45, 2.75) is 33.4 Å². The van der Waals surface area contributed by atoms with Gasteiger partial charge < -0.3 is 18.8 Å². The van der Waals surface area contributed by atoms with Crippen LogP contribution in [0, 0.1) is 13.8 Å². The number of nitrogens with zero attached hydrogens (tertiary/aromatic N) is 3. The molecule has 0 radical (unpaired) electrons. The molecule has 0 saturated carbocycles. The third-order valence-electron chi connectivity index (χ3n) is 6.31. The number of ketones is 1. The Morgan fingerprint density at radius 3 is 2.52 bits per heavy atom. The normalized spacial score (nSPS) is 17.8. The molecular formula is C24H33N3O4. The Hall–Kier alpha value is -2.35. The number of benzene rings is 1. The molecule has 0 N–H and O–H groups in total. The van der Waals surface area contributed by atoms with E-state index in [0.717, 1.165) is 61.2 Å². The molecular weight excluding hydrogens is 394 g/mol. The molecule has 3 heterocycles. The molecule has 31 heavy (non-hydrogen) atoms. The minimum Gasteiger partial charge on any atom is -0.454 e. The van der Waals surface area contributed by atoms with Crippen molar-refractivity contribution >= 4 is 5.78 Å². The number of ether oxygens (including phenoxy) is 3. The lowest BCUT2D eigenvalue weighted by molar-refractivity contribution is 0.0842. The standard InChI is InChI=1S/C24H33N3O4/c1-17-11-21(19(3)27(17)18(2)15-29-4)22(28)14-26-9-7-25(8-10-26)13-20-5-6-23-24(12-20)31-16-30-23/h5-6,11-12,18H,7-10,13-16H2,1-4H3/t18-/m1/s1. The van der Waals surface area contributed by atoms with Crippen molar-refractivity contribution in [1.29, 1.82) is 0 Å². The van der Waals surface area contributed by atoms with Crippen molar-refractivity contribution in [3.05, 3.63) is 46.8 Å². The van der Waals surface area contributed by atoms with Gasteiger partial charge in [0.2, 0.25) is 6.79 Å². The van der Waals surface area contributed by atoms with E-state index in [9.17, 15) is 4.79 Å². The van der Waals surface area contributed by atoms with Gasteiger partial charge in [-0.15, -0.1) is 0 Å². The van der Waals surface area contributed by atoms with Crippen LogP contribution in [-0.4, -0.2) is 73.4 Å². The molecule has 1 aromatic carbocycles. The van der Waals surface area contributed by atoms with Crippen LogP contribution < -0.4 is 9.47 Å². The molecule has 0 spiro atoms. The van der Waals surface area contributed by atoms with E-state index in [-0.39, 0.29) is 11.8 Å². The van der Waals surface area contributed by atoms with Crippen LogP contribution in [0.25, 0.3) is 0 Å². The van der Waals surface area contributed by atoms with Gasteiger partial charge >= 0.3 is 0 Å². The Labute approximate surface area is 184 Å². The van der Waals surface area contributed by atoms with E-state index in [2.05, 4.69) is 40.3 Å².